The first kappa shape index (κ1) is 10.8. The van der Waals surface area contributed by atoms with Gasteiger partial charge in [0.15, 0.2) is 0 Å². The van der Waals surface area contributed by atoms with Crippen molar-refractivity contribution in [1.82, 2.24) is 4.98 Å². The van der Waals surface area contributed by atoms with Gasteiger partial charge < -0.3 is 19.9 Å². The summed E-state index contributed by atoms with van der Waals surface area (Å²) >= 11 is 0. The number of hydrogen-bond acceptors (Lipinski definition) is 3. The summed E-state index contributed by atoms with van der Waals surface area (Å²) in [6.07, 6.45) is 1.65. The molecule has 0 aliphatic heterocycles. The maximum Gasteiger partial charge on any atom is 0.150 e. The van der Waals surface area contributed by atoms with E-state index in [1.165, 1.54) is 0 Å². The number of aryl methyl sites for hydroxylation is 1. The molecule has 0 saturated heterocycles. The second-order valence-electron chi connectivity index (χ2n) is 4.26. The fraction of sp³-hybridized carbons (Fsp3) is 0.143. The lowest BCUT2D eigenvalue weighted by Crippen LogP contribution is -1.93. The molecule has 1 aromatic carbocycles. The lowest BCUT2D eigenvalue weighted by Gasteiger charge is -2.06. The van der Waals surface area contributed by atoms with Gasteiger partial charge in [-0.05, 0) is 36.8 Å². The van der Waals surface area contributed by atoms with Crippen LogP contribution in [0.15, 0.2) is 34.9 Å². The van der Waals surface area contributed by atoms with E-state index in [1.54, 1.807) is 13.4 Å². The summed E-state index contributed by atoms with van der Waals surface area (Å²) in [6.45, 7) is 1.96. The van der Waals surface area contributed by atoms with Crippen molar-refractivity contribution < 1.29 is 9.15 Å². The molecule has 0 radical (unpaired) electrons. The topological polar surface area (TPSA) is 64.2 Å². The van der Waals surface area contributed by atoms with E-state index >= 15 is 0 Å². The Morgan fingerprint density at radius 3 is 2.83 bits per heavy atom. The molecule has 0 aliphatic rings. The predicted molar refractivity (Wildman–Crippen MR) is 71.7 cm³/mol. The second-order valence-corrected chi connectivity index (χ2v) is 4.26. The van der Waals surface area contributed by atoms with E-state index in [-0.39, 0.29) is 0 Å². The molecule has 0 spiro atoms. The van der Waals surface area contributed by atoms with Crippen molar-refractivity contribution in [2.75, 3.05) is 12.8 Å². The van der Waals surface area contributed by atoms with Gasteiger partial charge in [0.05, 0.1) is 30.3 Å². The number of benzene rings is 1. The number of H-pyrrole nitrogens is 1. The minimum absolute atomic E-state index is 0.739. The zero-order valence-corrected chi connectivity index (χ0v) is 10.3. The summed E-state index contributed by atoms with van der Waals surface area (Å²) in [5.74, 6) is 1.59. The van der Waals surface area contributed by atoms with Crippen LogP contribution in [0.1, 0.15) is 5.56 Å². The molecule has 3 rings (SSSR count). The Labute approximate surface area is 104 Å². The molecule has 2 aromatic heterocycles. The van der Waals surface area contributed by atoms with E-state index < -0.39 is 0 Å². The van der Waals surface area contributed by atoms with Crippen LogP contribution in [-0.2, 0) is 0 Å². The van der Waals surface area contributed by atoms with Gasteiger partial charge in [0.25, 0.3) is 0 Å². The van der Waals surface area contributed by atoms with Crippen LogP contribution < -0.4 is 10.5 Å². The lowest BCUT2D eigenvalue weighted by atomic mass is 10.1. The second kappa shape index (κ2) is 3.84. The number of fused-ring (bicyclic) bond motifs is 1. The number of nitrogens with two attached hydrogens (primary N) is 1. The van der Waals surface area contributed by atoms with Gasteiger partial charge in [-0.3, -0.25) is 0 Å². The van der Waals surface area contributed by atoms with E-state index in [2.05, 4.69) is 4.98 Å². The van der Waals surface area contributed by atoms with Crippen LogP contribution in [0.4, 0.5) is 5.69 Å². The number of aromatic amines is 1. The van der Waals surface area contributed by atoms with Crippen molar-refractivity contribution in [3.8, 4) is 17.2 Å². The number of nitrogen functional groups attached to an aromatic ring is 1. The molecule has 0 saturated carbocycles. The SMILES string of the molecule is COc1cc(C)c(N)c2[nH]c(-c3ccco3)cc12. The van der Waals surface area contributed by atoms with E-state index in [0.29, 0.717) is 0 Å². The third-order valence-corrected chi connectivity index (χ3v) is 3.13. The Bertz CT molecular complexity index is 696. The number of aromatic nitrogens is 1. The van der Waals surface area contributed by atoms with Crippen LogP contribution in [0.25, 0.3) is 22.4 Å². The molecule has 4 nitrogen and oxygen atoms in total. The smallest absolute Gasteiger partial charge is 0.150 e. The fourth-order valence-electron chi connectivity index (χ4n) is 2.14. The van der Waals surface area contributed by atoms with E-state index in [9.17, 15) is 0 Å². The fourth-order valence-corrected chi connectivity index (χ4v) is 2.14. The summed E-state index contributed by atoms with van der Waals surface area (Å²) in [4.78, 5) is 3.28. The van der Waals surface area contributed by atoms with Crippen molar-refractivity contribution in [3.05, 3.63) is 36.1 Å². The Morgan fingerprint density at radius 1 is 1.33 bits per heavy atom. The van der Waals surface area contributed by atoms with Crippen molar-refractivity contribution in [1.29, 1.82) is 0 Å². The van der Waals surface area contributed by atoms with Crippen LogP contribution in [0, 0.1) is 6.92 Å². The molecule has 0 fully saturated rings. The number of rotatable bonds is 2. The minimum Gasteiger partial charge on any atom is -0.496 e. The normalized spacial score (nSPS) is 11.0. The number of furan rings is 1. The number of methoxy groups -OCH3 is 1. The van der Waals surface area contributed by atoms with Crippen molar-refractivity contribution in [3.63, 3.8) is 0 Å². The number of anilines is 1. The predicted octanol–water partition coefficient (Wildman–Crippen LogP) is 3.33. The molecule has 0 aliphatic carbocycles. The first-order valence-electron chi connectivity index (χ1n) is 5.70. The van der Waals surface area contributed by atoms with E-state index in [0.717, 1.165) is 39.4 Å². The van der Waals surface area contributed by atoms with Crippen LogP contribution >= 0.6 is 0 Å². The lowest BCUT2D eigenvalue weighted by molar-refractivity contribution is 0.419. The molecular formula is C14H14N2O2. The van der Waals surface area contributed by atoms with Crippen molar-refractivity contribution in [2.24, 2.45) is 0 Å². The van der Waals surface area contributed by atoms with Gasteiger partial charge in [-0.2, -0.15) is 0 Å². The highest BCUT2D eigenvalue weighted by molar-refractivity contribution is 5.99. The molecule has 0 amide bonds. The zero-order valence-electron chi connectivity index (χ0n) is 10.3. The highest BCUT2D eigenvalue weighted by atomic mass is 16.5. The monoisotopic (exact) mass is 242 g/mol. The zero-order chi connectivity index (χ0) is 12.7. The van der Waals surface area contributed by atoms with Crippen molar-refractivity contribution >= 4 is 16.6 Å². The van der Waals surface area contributed by atoms with Crippen LogP contribution in [-0.4, -0.2) is 12.1 Å². The van der Waals surface area contributed by atoms with Crippen molar-refractivity contribution in [2.45, 2.75) is 6.92 Å². The largest absolute Gasteiger partial charge is 0.496 e. The standard InChI is InChI=1S/C14H14N2O2/c1-8-6-12(17-2)9-7-10(11-4-3-5-18-11)16-14(9)13(8)15/h3-7,16H,15H2,1-2H3. The first-order chi connectivity index (χ1) is 8.70. The van der Waals surface area contributed by atoms with E-state index in [4.69, 9.17) is 14.9 Å². The average Bonchev–Trinajstić information content (AvgIpc) is 3.01. The Kier molecular flexibility index (Phi) is 2.30. The maximum absolute atomic E-state index is 6.09. The van der Waals surface area contributed by atoms with Crippen LogP contribution in [0.2, 0.25) is 0 Å². The van der Waals surface area contributed by atoms with Gasteiger partial charge >= 0.3 is 0 Å². The summed E-state index contributed by atoms with van der Waals surface area (Å²) in [5, 5.41) is 0.965. The van der Waals surface area contributed by atoms with Gasteiger partial charge in [0.1, 0.15) is 11.5 Å². The molecule has 0 bridgehead atoms. The third-order valence-electron chi connectivity index (χ3n) is 3.13. The molecular weight excluding hydrogens is 228 g/mol. The van der Waals surface area contributed by atoms with E-state index in [1.807, 2.05) is 31.2 Å². The van der Waals surface area contributed by atoms with Gasteiger partial charge in [-0.1, -0.05) is 0 Å². The highest BCUT2D eigenvalue weighted by Crippen LogP contribution is 2.35. The summed E-state index contributed by atoms with van der Waals surface area (Å²) < 4.78 is 10.8. The summed E-state index contributed by atoms with van der Waals surface area (Å²) in [5.41, 5.74) is 9.60. The Morgan fingerprint density at radius 2 is 2.17 bits per heavy atom. The molecule has 3 N–H and O–H groups in total. The highest BCUT2D eigenvalue weighted by Gasteiger charge is 2.13. The molecule has 3 aromatic rings. The molecule has 92 valence electrons. The number of ether oxygens (including phenoxy) is 1. The Hall–Kier alpha value is -2.36. The maximum atomic E-state index is 6.09. The molecule has 2 heterocycles. The molecule has 4 heteroatoms. The molecule has 0 atom stereocenters. The first-order valence-corrected chi connectivity index (χ1v) is 5.70. The van der Waals surface area contributed by atoms with Gasteiger partial charge in [-0.25, -0.2) is 0 Å². The Balaban J connectivity index is 2.31. The quantitative estimate of drug-likeness (QED) is 0.677. The van der Waals surface area contributed by atoms with Crippen LogP contribution in [0.5, 0.6) is 5.75 Å². The molecule has 18 heavy (non-hydrogen) atoms. The number of hydrogen-bond donors (Lipinski definition) is 2. The van der Waals surface area contributed by atoms with Crippen LogP contribution in [0.3, 0.4) is 0 Å². The van der Waals surface area contributed by atoms with Gasteiger partial charge in [-0.15, -0.1) is 0 Å². The summed E-state index contributed by atoms with van der Waals surface area (Å²) in [6, 6.07) is 7.69. The minimum atomic E-state index is 0.739. The average molecular weight is 242 g/mol. The van der Waals surface area contributed by atoms with Gasteiger partial charge in [0.2, 0.25) is 0 Å². The third kappa shape index (κ3) is 1.46. The summed E-state index contributed by atoms with van der Waals surface area (Å²) in [7, 11) is 1.66. The van der Waals surface area contributed by atoms with Gasteiger partial charge in [0, 0.05) is 5.39 Å². The molecule has 0 unspecified atom stereocenters. The number of nitrogens with one attached hydrogen (secondary N) is 1.